The van der Waals surface area contributed by atoms with Crippen molar-refractivity contribution in [3.05, 3.63) is 64.0 Å². The molecule has 0 unspecified atom stereocenters. The van der Waals surface area contributed by atoms with Crippen molar-refractivity contribution < 1.29 is 4.79 Å². The maximum absolute atomic E-state index is 13.0. The molecule has 5 rings (SSSR count). The van der Waals surface area contributed by atoms with E-state index in [9.17, 15) is 4.79 Å². The molecule has 2 aliphatic rings. The summed E-state index contributed by atoms with van der Waals surface area (Å²) in [5.41, 5.74) is 3.58. The van der Waals surface area contributed by atoms with Crippen LogP contribution >= 0.6 is 11.3 Å². The molecule has 1 aliphatic carbocycles. The van der Waals surface area contributed by atoms with E-state index >= 15 is 0 Å². The molecule has 0 fully saturated rings. The Balaban J connectivity index is 1.47. The van der Waals surface area contributed by atoms with Crippen LogP contribution in [0.25, 0.3) is 10.8 Å². The minimum atomic E-state index is -0.178. The number of benzene rings is 2. The molecule has 3 nitrogen and oxygen atoms in total. The van der Waals surface area contributed by atoms with Gasteiger partial charge < -0.3 is 10.6 Å². The molecule has 4 heteroatoms. The van der Waals surface area contributed by atoms with Crippen molar-refractivity contribution in [1.82, 2.24) is 5.32 Å². The molecule has 0 bridgehead atoms. The second kappa shape index (κ2) is 6.35. The molecule has 1 amide bonds. The first-order chi connectivity index (χ1) is 13.4. The monoisotopic (exact) mass is 390 g/mol. The molecular weight excluding hydrogens is 364 g/mol. The van der Waals surface area contributed by atoms with Gasteiger partial charge in [0.15, 0.2) is 0 Å². The summed E-state index contributed by atoms with van der Waals surface area (Å²) in [5, 5.41) is 10.2. The topological polar surface area (TPSA) is 41.1 Å². The lowest BCUT2D eigenvalue weighted by Gasteiger charge is -2.34. The molecule has 2 aromatic carbocycles. The zero-order valence-electron chi connectivity index (χ0n) is 16.6. The average molecular weight is 391 g/mol. The minimum absolute atomic E-state index is 0.0682. The Labute approximate surface area is 170 Å². The van der Waals surface area contributed by atoms with Crippen molar-refractivity contribution >= 4 is 33.0 Å². The molecule has 28 heavy (non-hydrogen) atoms. The number of amides is 1. The van der Waals surface area contributed by atoms with Crippen LogP contribution in [0.1, 0.15) is 59.7 Å². The largest absolute Gasteiger partial charge is 0.353 e. The number of nitrogens with one attached hydrogen (secondary N) is 2. The average Bonchev–Trinajstić information content (AvgIpc) is 3.05. The van der Waals surface area contributed by atoms with Crippen LogP contribution < -0.4 is 10.6 Å². The summed E-state index contributed by atoms with van der Waals surface area (Å²) in [5.74, 6) is 0.748. The summed E-state index contributed by atoms with van der Waals surface area (Å²) in [4.78, 5) is 14.4. The Kier molecular flexibility index (Phi) is 4.02. The maximum Gasteiger partial charge on any atom is 0.256 e. The predicted octanol–water partition coefficient (Wildman–Crippen LogP) is 5.91. The second-order valence-corrected chi connectivity index (χ2v) is 10.3. The van der Waals surface area contributed by atoms with Crippen molar-refractivity contribution in [2.24, 2.45) is 11.3 Å². The van der Waals surface area contributed by atoms with Crippen molar-refractivity contribution in [3.8, 4) is 0 Å². The highest BCUT2D eigenvalue weighted by Gasteiger charge is 2.36. The fourth-order valence-electron chi connectivity index (χ4n) is 4.59. The van der Waals surface area contributed by atoms with E-state index < -0.39 is 0 Å². The lowest BCUT2D eigenvalue weighted by Crippen LogP contribution is -2.38. The van der Waals surface area contributed by atoms with E-state index in [4.69, 9.17) is 0 Å². The number of anilines is 1. The van der Waals surface area contributed by atoms with Gasteiger partial charge in [-0.25, -0.2) is 0 Å². The molecule has 1 aliphatic heterocycles. The zero-order chi connectivity index (χ0) is 19.5. The van der Waals surface area contributed by atoms with E-state index in [1.165, 1.54) is 27.6 Å². The number of hydrogen-bond acceptors (Lipinski definition) is 3. The van der Waals surface area contributed by atoms with Crippen molar-refractivity contribution in [1.29, 1.82) is 0 Å². The van der Waals surface area contributed by atoms with Crippen LogP contribution in [-0.4, -0.2) is 5.91 Å². The van der Waals surface area contributed by atoms with Gasteiger partial charge in [0.05, 0.1) is 5.56 Å². The van der Waals surface area contributed by atoms with E-state index in [1.807, 2.05) is 0 Å². The van der Waals surface area contributed by atoms with Gasteiger partial charge in [-0.2, -0.15) is 0 Å². The van der Waals surface area contributed by atoms with Crippen molar-refractivity contribution in [2.45, 2.75) is 46.2 Å². The third-order valence-electron chi connectivity index (χ3n) is 6.37. The second-order valence-electron chi connectivity index (χ2n) is 9.17. The van der Waals surface area contributed by atoms with Crippen LogP contribution in [0, 0.1) is 11.3 Å². The van der Waals surface area contributed by atoms with Crippen LogP contribution in [0.4, 0.5) is 5.00 Å². The molecule has 0 saturated carbocycles. The number of carbonyl (C=O) groups is 1. The lowest BCUT2D eigenvalue weighted by atomic mass is 9.72. The summed E-state index contributed by atoms with van der Waals surface area (Å²) < 4.78 is 0. The van der Waals surface area contributed by atoms with Crippen LogP contribution in [0.15, 0.2) is 42.5 Å². The number of fused-ring (bicyclic) bond motifs is 4. The fourth-order valence-corrected chi connectivity index (χ4v) is 5.94. The molecule has 0 saturated heterocycles. The van der Waals surface area contributed by atoms with Crippen LogP contribution in [0.5, 0.6) is 0 Å². The minimum Gasteiger partial charge on any atom is -0.353 e. The third-order valence-corrected chi connectivity index (χ3v) is 7.56. The van der Waals surface area contributed by atoms with E-state index in [0.29, 0.717) is 11.3 Å². The lowest BCUT2D eigenvalue weighted by molar-refractivity contribution is 0.0935. The smallest absolute Gasteiger partial charge is 0.256 e. The first-order valence-electron chi connectivity index (χ1n) is 10.1. The van der Waals surface area contributed by atoms with Crippen LogP contribution in [-0.2, 0) is 12.8 Å². The van der Waals surface area contributed by atoms with Crippen LogP contribution in [0.2, 0.25) is 0 Å². The third kappa shape index (κ3) is 2.91. The molecule has 3 aromatic rings. The Morgan fingerprint density at radius 2 is 1.82 bits per heavy atom. The molecule has 2 atom stereocenters. The Morgan fingerprint density at radius 3 is 2.61 bits per heavy atom. The first kappa shape index (κ1) is 17.7. The van der Waals surface area contributed by atoms with Gasteiger partial charge >= 0.3 is 0 Å². The van der Waals surface area contributed by atoms with Gasteiger partial charge in [0.1, 0.15) is 11.2 Å². The molecule has 1 aromatic heterocycles. The number of carbonyl (C=O) groups excluding carboxylic acids is 1. The highest BCUT2D eigenvalue weighted by atomic mass is 32.1. The Hall–Kier alpha value is -2.33. The summed E-state index contributed by atoms with van der Waals surface area (Å²) in [6.45, 7) is 6.99. The summed E-state index contributed by atoms with van der Waals surface area (Å²) >= 11 is 1.79. The number of rotatable bonds is 1. The van der Waals surface area contributed by atoms with E-state index in [2.05, 4.69) is 73.9 Å². The maximum atomic E-state index is 13.0. The summed E-state index contributed by atoms with van der Waals surface area (Å²) in [6.07, 6.45) is 3.09. The van der Waals surface area contributed by atoms with Gasteiger partial charge in [0, 0.05) is 4.88 Å². The standard InChI is InChI=1S/C24H26N2OS/c1-24(2,3)17-10-11-18-19(13-17)28-23-20(18)22(27)25-21(26-23)16-9-8-14-6-4-5-7-15(14)12-16/h4-9,12,17,21,26H,10-11,13H2,1-3H3,(H,25,27)/t17-,21+/m1/s1. The first-order valence-corrected chi connectivity index (χ1v) is 10.9. The number of hydrogen-bond donors (Lipinski definition) is 2. The quantitative estimate of drug-likeness (QED) is 0.542. The van der Waals surface area contributed by atoms with E-state index in [0.717, 1.165) is 29.0 Å². The molecular formula is C24H26N2OS. The van der Waals surface area contributed by atoms with Gasteiger partial charge in [-0.15, -0.1) is 11.3 Å². The molecule has 2 heterocycles. The Bertz CT molecular complexity index is 1080. The number of thiophene rings is 1. The van der Waals surface area contributed by atoms with Crippen molar-refractivity contribution in [2.75, 3.05) is 5.32 Å². The van der Waals surface area contributed by atoms with Crippen LogP contribution in [0.3, 0.4) is 0 Å². The van der Waals surface area contributed by atoms with Gasteiger partial charge in [-0.3, -0.25) is 4.79 Å². The molecule has 2 N–H and O–H groups in total. The van der Waals surface area contributed by atoms with Crippen molar-refractivity contribution in [3.63, 3.8) is 0 Å². The van der Waals surface area contributed by atoms with Gasteiger partial charge in [0.25, 0.3) is 5.91 Å². The fraction of sp³-hybridized carbons (Fsp3) is 0.375. The van der Waals surface area contributed by atoms with Gasteiger partial charge in [-0.05, 0) is 58.6 Å². The molecule has 0 spiro atoms. The normalized spacial score (nSPS) is 21.6. The zero-order valence-corrected chi connectivity index (χ0v) is 17.5. The summed E-state index contributed by atoms with van der Waals surface area (Å²) in [7, 11) is 0. The van der Waals surface area contributed by atoms with Gasteiger partial charge in [-0.1, -0.05) is 57.2 Å². The molecule has 144 valence electrons. The Morgan fingerprint density at radius 1 is 1.04 bits per heavy atom. The molecule has 0 radical (unpaired) electrons. The predicted molar refractivity (Wildman–Crippen MR) is 117 cm³/mol. The van der Waals surface area contributed by atoms with Gasteiger partial charge in [0.2, 0.25) is 0 Å². The summed E-state index contributed by atoms with van der Waals surface area (Å²) in [6, 6.07) is 14.7. The highest BCUT2D eigenvalue weighted by molar-refractivity contribution is 7.16. The highest BCUT2D eigenvalue weighted by Crippen LogP contribution is 2.46. The van der Waals surface area contributed by atoms with E-state index in [1.54, 1.807) is 11.3 Å². The van der Waals surface area contributed by atoms with E-state index in [-0.39, 0.29) is 12.1 Å². The SMILES string of the molecule is CC(C)(C)[C@@H]1CCc2c(sc3c2C(=O)N[C@H](c2ccc4ccccc4c2)N3)C1.